The van der Waals surface area contributed by atoms with Gasteiger partial charge in [0.05, 0.1) is 16.3 Å². The maximum Gasteiger partial charge on any atom is 0.416 e. The number of carbonyl (C=O) groups is 2. The summed E-state index contributed by atoms with van der Waals surface area (Å²) in [6.45, 7) is 1.98. The molecule has 0 fully saturated rings. The van der Waals surface area contributed by atoms with Crippen LogP contribution in [0.2, 0.25) is 5.02 Å². The monoisotopic (exact) mass is 443 g/mol. The average molecular weight is 444 g/mol. The third-order valence-corrected chi connectivity index (χ3v) is 4.26. The summed E-state index contributed by atoms with van der Waals surface area (Å²) in [5.41, 5.74) is -0.934. The van der Waals surface area contributed by atoms with Crippen molar-refractivity contribution >= 4 is 40.7 Å². The number of rotatable bonds is 9. The molecule has 0 radical (unpaired) electrons. The van der Waals surface area contributed by atoms with Gasteiger partial charge in [-0.1, -0.05) is 18.0 Å². The Balaban J connectivity index is 1.70. The first-order valence-corrected chi connectivity index (χ1v) is 9.53. The van der Waals surface area contributed by atoms with Crippen molar-refractivity contribution in [3.63, 3.8) is 0 Å². The molecule has 0 aliphatic heterocycles. The molecule has 0 unspecified atom stereocenters. The van der Waals surface area contributed by atoms with Gasteiger partial charge in [0.15, 0.2) is 0 Å². The van der Waals surface area contributed by atoms with E-state index in [4.69, 9.17) is 11.6 Å². The normalized spacial score (nSPS) is 11.1. The van der Waals surface area contributed by atoms with Gasteiger partial charge in [0, 0.05) is 26.0 Å². The SMILES string of the molecule is CC(=O)Nc1cc(NCCCCCC(=O)Nc2cc(C(F)(F)F)ccc2Cl)ncn1. The minimum atomic E-state index is -4.51. The molecule has 7 nitrogen and oxygen atoms in total. The topological polar surface area (TPSA) is 96.0 Å². The lowest BCUT2D eigenvalue weighted by molar-refractivity contribution is -0.137. The molecule has 0 bridgehead atoms. The van der Waals surface area contributed by atoms with Gasteiger partial charge in [0.2, 0.25) is 11.8 Å². The summed E-state index contributed by atoms with van der Waals surface area (Å²) in [6, 6.07) is 4.40. The molecule has 1 aromatic carbocycles. The van der Waals surface area contributed by atoms with Gasteiger partial charge in [-0.15, -0.1) is 0 Å². The number of hydrogen-bond acceptors (Lipinski definition) is 5. The second-order valence-electron chi connectivity index (χ2n) is 6.45. The van der Waals surface area contributed by atoms with Crippen molar-refractivity contribution in [2.75, 3.05) is 22.5 Å². The summed E-state index contributed by atoms with van der Waals surface area (Å²) in [5, 5.41) is 8.11. The lowest BCUT2D eigenvalue weighted by Gasteiger charge is -2.11. The van der Waals surface area contributed by atoms with Crippen LogP contribution in [0, 0.1) is 0 Å². The number of nitrogens with one attached hydrogen (secondary N) is 3. The van der Waals surface area contributed by atoms with Crippen molar-refractivity contribution < 1.29 is 22.8 Å². The van der Waals surface area contributed by atoms with E-state index in [0.29, 0.717) is 24.6 Å². The van der Waals surface area contributed by atoms with Crippen LogP contribution in [0.15, 0.2) is 30.6 Å². The first-order chi connectivity index (χ1) is 14.1. The molecule has 1 heterocycles. The van der Waals surface area contributed by atoms with Crippen LogP contribution in [0.4, 0.5) is 30.5 Å². The molecule has 1 aromatic heterocycles. The zero-order valence-corrected chi connectivity index (χ0v) is 16.9. The number of carbonyl (C=O) groups excluding carboxylic acids is 2. The summed E-state index contributed by atoms with van der Waals surface area (Å²) in [6.07, 6.45) is -0.990. The zero-order valence-electron chi connectivity index (χ0n) is 16.1. The summed E-state index contributed by atoms with van der Waals surface area (Å²) >= 11 is 5.87. The Hall–Kier alpha value is -2.88. The molecule has 162 valence electrons. The average Bonchev–Trinajstić information content (AvgIpc) is 2.65. The summed E-state index contributed by atoms with van der Waals surface area (Å²) in [4.78, 5) is 31.0. The van der Waals surface area contributed by atoms with E-state index in [0.717, 1.165) is 31.0 Å². The Morgan fingerprint density at radius 2 is 1.77 bits per heavy atom. The van der Waals surface area contributed by atoms with Crippen LogP contribution in [0.1, 0.15) is 38.2 Å². The highest BCUT2D eigenvalue weighted by molar-refractivity contribution is 6.33. The number of amides is 2. The fraction of sp³-hybridized carbons (Fsp3) is 0.368. The second-order valence-corrected chi connectivity index (χ2v) is 6.85. The van der Waals surface area contributed by atoms with Crippen LogP contribution in [0.5, 0.6) is 0 Å². The standard InChI is InChI=1S/C19H21ClF3N5O2/c1-12(29)27-17-10-16(25-11-26-17)24-8-4-2-3-5-18(30)28-15-9-13(19(21,22)23)6-7-14(15)20/h6-7,9-11H,2-5,8H2,1H3,(H,28,30)(H2,24,25,26,27,29). The van der Waals surface area contributed by atoms with Crippen molar-refractivity contribution in [2.24, 2.45) is 0 Å². The van der Waals surface area contributed by atoms with Gasteiger partial charge in [0.25, 0.3) is 0 Å². The Labute approximate surface area is 176 Å². The first-order valence-electron chi connectivity index (χ1n) is 9.15. The quantitative estimate of drug-likeness (QED) is 0.487. The number of hydrogen-bond donors (Lipinski definition) is 3. The minimum absolute atomic E-state index is 0.0454. The molecule has 0 spiro atoms. The number of aromatic nitrogens is 2. The molecule has 3 N–H and O–H groups in total. The lowest BCUT2D eigenvalue weighted by atomic mass is 10.1. The van der Waals surface area contributed by atoms with Gasteiger partial charge in [-0.25, -0.2) is 9.97 Å². The van der Waals surface area contributed by atoms with Crippen molar-refractivity contribution in [3.05, 3.63) is 41.2 Å². The van der Waals surface area contributed by atoms with Crippen LogP contribution in [0.25, 0.3) is 0 Å². The van der Waals surface area contributed by atoms with E-state index in [9.17, 15) is 22.8 Å². The Morgan fingerprint density at radius 3 is 2.47 bits per heavy atom. The maximum atomic E-state index is 12.8. The lowest BCUT2D eigenvalue weighted by Crippen LogP contribution is -2.13. The molecule has 0 saturated carbocycles. The van der Waals surface area contributed by atoms with E-state index < -0.39 is 17.6 Å². The number of halogens is 4. The predicted octanol–water partition coefficient (Wildman–Crippen LogP) is 4.72. The van der Waals surface area contributed by atoms with Crippen molar-refractivity contribution in [1.82, 2.24) is 9.97 Å². The van der Waals surface area contributed by atoms with Crippen LogP contribution < -0.4 is 16.0 Å². The highest BCUT2D eigenvalue weighted by Gasteiger charge is 2.31. The van der Waals surface area contributed by atoms with E-state index in [-0.39, 0.29) is 23.0 Å². The van der Waals surface area contributed by atoms with Crippen LogP contribution in [-0.2, 0) is 15.8 Å². The van der Waals surface area contributed by atoms with E-state index in [1.165, 1.54) is 13.3 Å². The van der Waals surface area contributed by atoms with E-state index in [2.05, 4.69) is 25.9 Å². The van der Waals surface area contributed by atoms with Crippen LogP contribution in [0.3, 0.4) is 0 Å². The number of alkyl halides is 3. The largest absolute Gasteiger partial charge is 0.416 e. The molecule has 0 atom stereocenters. The van der Waals surface area contributed by atoms with Gasteiger partial charge in [0.1, 0.15) is 18.0 Å². The molecule has 30 heavy (non-hydrogen) atoms. The smallest absolute Gasteiger partial charge is 0.370 e. The van der Waals surface area contributed by atoms with Crippen molar-refractivity contribution in [1.29, 1.82) is 0 Å². The molecule has 2 aromatic rings. The van der Waals surface area contributed by atoms with Crippen molar-refractivity contribution in [3.8, 4) is 0 Å². The Bertz CT molecular complexity index is 893. The van der Waals surface area contributed by atoms with Gasteiger partial charge in [-0.3, -0.25) is 9.59 Å². The molecular formula is C19H21ClF3N5O2. The van der Waals surface area contributed by atoms with Gasteiger partial charge < -0.3 is 16.0 Å². The van der Waals surface area contributed by atoms with Crippen molar-refractivity contribution in [2.45, 2.75) is 38.8 Å². The minimum Gasteiger partial charge on any atom is -0.370 e. The molecule has 0 aliphatic rings. The Morgan fingerprint density at radius 1 is 1.03 bits per heavy atom. The van der Waals surface area contributed by atoms with Gasteiger partial charge >= 0.3 is 6.18 Å². The number of unbranched alkanes of at least 4 members (excludes halogenated alkanes) is 2. The fourth-order valence-electron chi connectivity index (χ4n) is 2.52. The van der Waals surface area contributed by atoms with E-state index >= 15 is 0 Å². The number of anilines is 3. The molecule has 2 rings (SSSR count). The maximum absolute atomic E-state index is 12.8. The van der Waals surface area contributed by atoms with Gasteiger partial charge in [-0.05, 0) is 31.0 Å². The summed E-state index contributed by atoms with van der Waals surface area (Å²) in [7, 11) is 0. The van der Waals surface area contributed by atoms with Gasteiger partial charge in [-0.2, -0.15) is 13.2 Å². The molecule has 0 saturated heterocycles. The molecular weight excluding hydrogens is 423 g/mol. The fourth-order valence-corrected chi connectivity index (χ4v) is 2.68. The van der Waals surface area contributed by atoms with E-state index in [1.54, 1.807) is 6.07 Å². The number of benzene rings is 1. The first kappa shape index (κ1) is 23.4. The van der Waals surface area contributed by atoms with Crippen LogP contribution >= 0.6 is 11.6 Å². The third kappa shape index (κ3) is 7.86. The number of nitrogens with zero attached hydrogens (tertiary/aromatic N) is 2. The van der Waals surface area contributed by atoms with E-state index in [1.807, 2.05) is 0 Å². The molecule has 2 amide bonds. The highest BCUT2D eigenvalue weighted by atomic mass is 35.5. The molecule has 0 aliphatic carbocycles. The summed E-state index contributed by atoms with van der Waals surface area (Å²) in [5.74, 6) is 0.319. The zero-order chi connectivity index (χ0) is 22.1. The molecule has 11 heteroatoms. The third-order valence-electron chi connectivity index (χ3n) is 3.93. The second kappa shape index (κ2) is 10.8. The summed E-state index contributed by atoms with van der Waals surface area (Å²) < 4.78 is 38.3. The predicted molar refractivity (Wildman–Crippen MR) is 108 cm³/mol. The van der Waals surface area contributed by atoms with Crippen LogP contribution in [-0.4, -0.2) is 28.3 Å². The Kier molecular flexibility index (Phi) is 8.40. The highest BCUT2D eigenvalue weighted by Crippen LogP contribution is 2.33.